The third-order valence-electron chi connectivity index (χ3n) is 3.45. The maximum atomic E-state index is 11.9. The molecule has 0 heterocycles. The van der Waals surface area contributed by atoms with Gasteiger partial charge >= 0.3 is 5.97 Å². The quantitative estimate of drug-likeness (QED) is 0.789. The summed E-state index contributed by atoms with van der Waals surface area (Å²) in [5, 5.41) is 13.5. The van der Waals surface area contributed by atoms with Crippen molar-refractivity contribution < 1.29 is 9.90 Å². The topological polar surface area (TPSA) is 49.3 Å². The Morgan fingerprint density at radius 1 is 1.24 bits per heavy atom. The summed E-state index contributed by atoms with van der Waals surface area (Å²) < 4.78 is 0.818. The van der Waals surface area contributed by atoms with Gasteiger partial charge in [-0.3, -0.25) is 0 Å². The largest absolute Gasteiger partial charge is 0.479 e. The second kappa shape index (κ2) is 6.50. The molecule has 1 atom stereocenters. The molecule has 110 valence electrons. The molecule has 2 aromatic carbocycles. The van der Waals surface area contributed by atoms with Crippen molar-refractivity contribution >= 4 is 39.2 Å². The maximum Gasteiger partial charge on any atom is 0.334 e. The molecule has 2 rings (SSSR count). The first-order chi connectivity index (χ1) is 9.99. The van der Waals surface area contributed by atoms with E-state index >= 15 is 0 Å². The Morgan fingerprint density at radius 3 is 2.38 bits per heavy atom. The van der Waals surface area contributed by atoms with Gasteiger partial charge in [0.15, 0.2) is 5.54 Å². The van der Waals surface area contributed by atoms with Gasteiger partial charge in [-0.15, -0.1) is 0 Å². The van der Waals surface area contributed by atoms with Crippen LogP contribution in [0.5, 0.6) is 0 Å². The number of carbonyl (C=O) groups is 1. The van der Waals surface area contributed by atoms with Crippen LogP contribution < -0.4 is 5.32 Å². The van der Waals surface area contributed by atoms with E-state index in [-0.39, 0.29) is 0 Å². The van der Waals surface area contributed by atoms with E-state index in [2.05, 4.69) is 21.2 Å². The maximum absolute atomic E-state index is 11.9. The van der Waals surface area contributed by atoms with Gasteiger partial charge in [0.05, 0.1) is 0 Å². The fourth-order valence-electron chi connectivity index (χ4n) is 2.22. The highest BCUT2D eigenvalue weighted by atomic mass is 79.9. The Morgan fingerprint density at radius 2 is 1.86 bits per heavy atom. The van der Waals surface area contributed by atoms with E-state index in [0.717, 1.165) is 10.2 Å². The summed E-state index contributed by atoms with van der Waals surface area (Å²) in [5.41, 5.74) is 0.198. The molecule has 0 aliphatic heterocycles. The van der Waals surface area contributed by atoms with E-state index in [9.17, 15) is 9.90 Å². The van der Waals surface area contributed by atoms with E-state index in [4.69, 9.17) is 11.6 Å². The van der Waals surface area contributed by atoms with Crippen molar-refractivity contribution in [2.45, 2.75) is 18.9 Å². The lowest BCUT2D eigenvalue weighted by molar-refractivity contribution is -0.142. The van der Waals surface area contributed by atoms with Crippen molar-refractivity contribution in [2.75, 3.05) is 5.32 Å². The Kier molecular flexibility index (Phi) is 4.91. The highest BCUT2D eigenvalue weighted by molar-refractivity contribution is 9.10. The highest BCUT2D eigenvalue weighted by Gasteiger charge is 2.39. The van der Waals surface area contributed by atoms with Crippen molar-refractivity contribution in [1.29, 1.82) is 0 Å². The predicted octanol–water partition coefficient (Wildman–Crippen LogP) is 4.90. The molecule has 21 heavy (non-hydrogen) atoms. The van der Waals surface area contributed by atoms with Gasteiger partial charge in [-0.2, -0.15) is 0 Å². The standard InChI is InChI=1S/C16H15BrClNO2/c1-2-16(15(20)21,11-7-9-12(18)10-8-11)19-14-6-4-3-5-13(14)17/h3-10,19H,2H2,1H3,(H,20,21). The number of para-hydroxylation sites is 1. The van der Waals surface area contributed by atoms with Crippen LogP contribution in [0.2, 0.25) is 5.02 Å². The van der Waals surface area contributed by atoms with Crippen LogP contribution in [0.4, 0.5) is 5.69 Å². The molecule has 0 aliphatic rings. The summed E-state index contributed by atoms with van der Waals surface area (Å²) in [6.45, 7) is 1.84. The predicted molar refractivity (Wildman–Crippen MR) is 88.8 cm³/mol. The molecular formula is C16H15BrClNO2. The molecule has 2 N–H and O–H groups in total. The average molecular weight is 369 g/mol. The smallest absolute Gasteiger partial charge is 0.334 e. The molecule has 0 radical (unpaired) electrons. The number of carboxylic acids is 1. The van der Waals surface area contributed by atoms with Crippen LogP contribution in [-0.4, -0.2) is 11.1 Å². The van der Waals surface area contributed by atoms with Crippen LogP contribution >= 0.6 is 27.5 Å². The Balaban J connectivity index is 2.50. The summed E-state index contributed by atoms with van der Waals surface area (Å²) >= 11 is 9.33. The molecule has 0 amide bonds. The summed E-state index contributed by atoms with van der Waals surface area (Å²) in [6.07, 6.45) is 0.394. The molecule has 5 heteroatoms. The van der Waals surface area contributed by atoms with E-state index in [0.29, 0.717) is 17.0 Å². The minimum atomic E-state index is -1.20. The third-order valence-corrected chi connectivity index (χ3v) is 4.40. The molecule has 0 aromatic heterocycles. The first-order valence-electron chi connectivity index (χ1n) is 6.52. The summed E-state index contributed by atoms with van der Waals surface area (Å²) in [5.74, 6) is -0.928. The van der Waals surface area contributed by atoms with Gasteiger partial charge in [0, 0.05) is 15.2 Å². The van der Waals surface area contributed by atoms with Crippen LogP contribution in [0.1, 0.15) is 18.9 Å². The second-order valence-corrected chi connectivity index (χ2v) is 5.97. The lowest BCUT2D eigenvalue weighted by Gasteiger charge is -2.31. The van der Waals surface area contributed by atoms with Gasteiger partial charge in [0.2, 0.25) is 0 Å². The summed E-state index contributed by atoms with van der Waals surface area (Å²) in [7, 11) is 0. The fourth-order valence-corrected chi connectivity index (χ4v) is 2.73. The van der Waals surface area contributed by atoms with Crippen molar-refractivity contribution in [2.24, 2.45) is 0 Å². The average Bonchev–Trinajstić information content (AvgIpc) is 2.47. The summed E-state index contributed by atoms with van der Waals surface area (Å²) in [4.78, 5) is 11.9. The number of hydrogen-bond donors (Lipinski definition) is 2. The van der Waals surface area contributed by atoms with Crippen molar-refractivity contribution in [1.82, 2.24) is 0 Å². The van der Waals surface area contributed by atoms with Crippen molar-refractivity contribution in [3.05, 3.63) is 63.6 Å². The van der Waals surface area contributed by atoms with Gasteiger partial charge in [-0.25, -0.2) is 4.79 Å². The Hall–Kier alpha value is -1.52. The van der Waals surface area contributed by atoms with Gasteiger partial charge in [0.25, 0.3) is 0 Å². The molecule has 1 unspecified atom stereocenters. The molecule has 0 saturated carbocycles. The fraction of sp³-hybridized carbons (Fsp3) is 0.188. The Labute approximate surface area is 137 Å². The zero-order valence-electron chi connectivity index (χ0n) is 11.4. The molecule has 0 saturated heterocycles. The van der Waals surface area contributed by atoms with Crippen LogP contribution in [0.15, 0.2) is 53.0 Å². The van der Waals surface area contributed by atoms with Gasteiger partial charge < -0.3 is 10.4 Å². The molecule has 0 bridgehead atoms. The van der Waals surface area contributed by atoms with E-state index in [1.807, 2.05) is 31.2 Å². The number of benzene rings is 2. The van der Waals surface area contributed by atoms with Crippen LogP contribution in [-0.2, 0) is 10.3 Å². The first kappa shape index (κ1) is 15.9. The zero-order valence-corrected chi connectivity index (χ0v) is 13.8. The minimum Gasteiger partial charge on any atom is -0.479 e. The van der Waals surface area contributed by atoms with Crippen LogP contribution in [0.25, 0.3) is 0 Å². The van der Waals surface area contributed by atoms with Gasteiger partial charge in [-0.05, 0) is 52.2 Å². The zero-order chi connectivity index (χ0) is 15.5. The monoisotopic (exact) mass is 367 g/mol. The molecule has 0 spiro atoms. The number of nitrogens with one attached hydrogen (secondary N) is 1. The van der Waals surface area contributed by atoms with E-state index < -0.39 is 11.5 Å². The number of halogens is 2. The molecule has 0 aliphatic carbocycles. The molecule has 2 aromatic rings. The van der Waals surface area contributed by atoms with Gasteiger partial charge in [-0.1, -0.05) is 42.8 Å². The number of aliphatic carboxylic acids is 1. The molecular weight excluding hydrogens is 354 g/mol. The SMILES string of the molecule is CCC(Nc1ccccc1Br)(C(=O)O)c1ccc(Cl)cc1. The van der Waals surface area contributed by atoms with Crippen LogP contribution in [0, 0.1) is 0 Å². The lowest BCUT2D eigenvalue weighted by Crippen LogP contribution is -2.43. The minimum absolute atomic E-state index is 0.394. The van der Waals surface area contributed by atoms with Crippen molar-refractivity contribution in [3.63, 3.8) is 0 Å². The summed E-state index contributed by atoms with van der Waals surface area (Å²) in [6, 6.07) is 14.3. The number of carboxylic acid groups (broad SMARTS) is 1. The number of hydrogen-bond acceptors (Lipinski definition) is 2. The highest BCUT2D eigenvalue weighted by Crippen LogP contribution is 2.34. The lowest BCUT2D eigenvalue weighted by atomic mass is 9.87. The van der Waals surface area contributed by atoms with Crippen molar-refractivity contribution in [3.8, 4) is 0 Å². The number of anilines is 1. The normalized spacial score (nSPS) is 13.5. The van der Waals surface area contributed by atoms with Crippen LogP contribution in [0.3, 0.4) is 0 Å². The third kappa shape index (κ3) is 3.22. The molecule has 0 fully saturated rings. The Bertz CT molecular complexity index is 645. The number of rotatable bonds is 5. The second-order valence-electron chi connectivity index (χ2n) is 4.68. The van der Waals surface area contributed by atoms with E-state index in [1.165, 1.54) is 0 Å². The van der Waals surface area contributed by atoms with E-state index in [1.54, 1.807) is 24.3 Å². The molecule has 3 nitrogen and oxygen atoms in total. The first-order valence-corrected chi connectivity index (χ1v) is 7.69. The van der Waals surface area contributed by atoms with Gasteiger partial charge in [0.1, 0.15) is 0 Å².